The predicted molar refractivity (Wildman–Crippen MR) is 114 cm³/mol. The first-order valence-electron chi connectivity index (χ1n) is 7.24. The molecule has 12 heteroatoms. The largest absolute Gasteiger partial charge is 0.388 e. The monoisotopic (exact) mass is 460 g/mol. The highest BCUT2D eigenvalue weighted by Gasteiger charge is 2.20. The van der Waals surface area contributed by atoms with Crippen LogP contribution in [-0.2, 0) is 39.0 Å². The van der Waals surface area contributed by atoms with Gasteiger partial charge in [0, 0.05) is 45.7 Å². The maximum atomic E-state index is 11.4. The Morgan fingerprint density at radius 3 is 1.75 bits per heavy atom. The molecule has 0 heterocycles. The zero-order valence-electron chi connectivity index (χ0n) is 15.2. The van der Waals surface area contributed by atoms with E-state index in [2.05, 4.69) is 13.8 Å². The van der Waals surface area contributed by atoms with Gasteiger partial charge in [-0.3, -0.25) is 0 Å². The number of hydrogen-bond donors (Lipinski definition) is 0. The Hall–Kier alpha value is 1.73. The molecule has 0 aliphatic rings. The number of hydrogen-bond acceptors (Lipinski definition) is 10. The van der Waals surface area contributed by atoms with E-state index in [1.54, 1.807) is 11.8 Å². The third-order valence-electron chi connectivity index (χ3n) is 2.26. The van der Waals surface area contributed by atoms with E-state index in [0.29, 0.717) is 6.61 Å². The summed E-state index contributed by atoms with van der Waals surface area (Å²) >= 11 is 9.87. The van der Waals surface area contributed by atoms with Crippen molar-refractivity contribution in [2.24, 2.45) is 0 Å². The van der Waals surface area contributed by atoms with Gasteiger partial charge in [0.1, 0.15) is 0 Å². The first-order chi connectivity index (χ1) is 11.4. The second kappa shape index (κ2) is 18.1. The van der Waals surface area contributed by atoms with Gasteiger partial charge in [0.05, 0.1) is 6.61 Å². The van der Waals surface area contributed by atoms with Crippen LogP contribution in [0.25, 0.3) is 0 Å². The minimum atomic E-state index is -2.82. The molecule has 0 aromatic carbocycles. The second-order valence-electron chi connectivity index (χ2n) is 3.69. The lowest BCUT2D eigenvalue weighted by molar-refractivity contribution is 0.212. The molecule has 6 nitrogen and oxygen atoms in total. The molecule has 0 spiro atoms. The molecular formula is C12H30O6P2S4. The minimum absolute atomic E-state index is 0.595. The molecule has 0 saturated carbocycles. The van der Waals surface area contributed by atoms with Gasteiger partial charge in [0.2, 0.25) is 0 Å². The van der Waals surface area contributed by atoms with E-state index < -0.39 is 13.5 Å². The number of rotatable bonds is 14. The summed E-state index contributed by atoms with van der Waals surface area (Å²) in [5, 5.41) is 0. The highest BCUT2D eigenvalue weighted by atomic mass is 32.7. The molecule has 24 heavy (non-hydrogen) atoms. The zero-order valence-corrected chi connectivity index (χ0v) is 20.3. The topological polar surface area (TPSA) is 63.2 Å². The van der Waals surface area contributed by atoms with E-state index in [9.17, 15) is 4.57 Å². The van der Waals surface area contributed by atoms with Gasteiger partial charge in [-0.25, -0.2) is 4.57 Å². The molecule has 0 fully saturated rings. The van der Waals surface area contributed by atoms with Crippen molar-refractivity contribution in [3.8, 4) is 0 Å². The Labute approximate surface area is 164 Å². The van der Waals surface area contributed by atoms with Crippen molar-refractivity contribution in [2.75, 3.05) is 63.8 Å². The van der Waals surface area contributed by atoms with Gasteiger partial charge in [0.15, 0.2) is 0 Å². The molecule has 0 unspecified atom stereocenters. The van der Waals surface area contributed by atoms with Crippen LogP contribution < -0.4 is 0 Å². The number of thioether (sulfide) groups is 2. The average Bonchev–Trinajstić information content (AvgIpc) is 2.62. The molecule has 0 rings (SSSR count). The van der Waals surface area contributed by atoms with Gasteiger partial charge in [-0.2, -0.15) is 23.5 Å². The molecule has 0 aromatic rings. The van der Waals surface area contributed by atoms with Crippen molar-refractivity contribution >= 4 is 60.2 Å². The normalized spacial score (nSPS) is 11.9. The smallest absolute Gasteiger partial charge is 0.312 e. The summed E-state index contributed by atoms with van der Waals surface area (Å²) in [5.74, 6) is 4.90. The molecule has 0 bridgehead atoms. The fraction of sp³-hybridized carbons (Fsp3) is 1.00. The molecule has 0 N–H and O–H groups in total. The molecule has 0 radical (unpaired) electrons. The Morgan fingerprint density at radius 2 is 1.33 bits per heavy atom. The SMILES string of the molecule is CCSCCOP(=S)(OC)OC.CCSCCSP(=O)(OC)OC. The Bertz CT molecular complexity index is 325. The van der Waals surface area contributed by atoms with Gasteiger partial charge >= 0.3 is 13.5 Å². The first-order valence-corrected chi connectivity index (χ1v) is 15.2. The van der Waals surface area contributed by atoms with E-state index in [-0.39, 0.29) is 0 Å². The van der Waals surface area contributed by atoms with Gasteiger partial charge in [-0.05, 0) is 34.7 Å². The van der Waals surface area contributed by atoms with Crippen LogP contribution in [0.5, 0.6) is 0 Å². The molecule has 0 amide bonds. The average molecular weight is 461 g/mol. The quantitative estimate of drug-likeness (QED) is 0.257. The highest BCUT2D eigenvalue weighted by Crippen LogP contribution is 2.59. The predicted octanol–water partition coefficient (Wildman–Crippen LogP) is 5.15. The van der Waals surface area contributed by atoms with Crippen LogP contribution in [0.4, 0.5) is 0 Å². The third kappa shape index (κ3) is 15.9. The third-order valence-corrected chi connectivity index (χ3v) is 10.9. The van der Waals surface area contributed by atoms with Crippen LogP contribution in [-0.4, -0.2) is 63.8 Å². The fourth-order valence-electron chi connectivity index (χ4n) is 1.06. The standard InChI is InChI=1S/2C6H15O3PS2/c1-4-11-5-6-12-10(7,8-2)9-3;1-4-12-6-5-9-10(11,7-2)8-3/h2*4-6H2,1-3H3. The molecule has 0 saturated heterocycles. The van der Waals surface area contributed by atoms with Crippen molar-refractivity contribution in [3.63, 3.8) is 0 Å². The van der Waals surface area contributed by atoms with E-state index in [4.69, 9.17) is 34.4 Å². The Kier molecular flexibility index (Phi) is 21.1. The molecule has 0 aromatic heterocycles. The molecule has 148 valence electrons. The van der Waals surface area contributed by atoms with Gasteiger partial charge in [-0.15, -0.1) is 0 Å². The molecule has 0 atom stereocenters. The Morgan fingerprint density at radius 1 is 0.833 bits per heavy atom. The van der Waals surface area contributed by atoms with Crippen molar-refractivity contribution in [2.45, 2.75) is 13.8 Å². The summed E-state index contributed by atoms with van der Waals surface area (Å²) in [6.45, 7) is -0.421. The Balaban J connectivity index is 0. The molecule has 0 aliphatic heterocycles. The zero-order chi connectivity index (χ0) is 18.9. The minimum Gasteiger partial charge on any atom is -0.312 e. The highest BCUT2D eigenvalue weighted by molar-refractivity contribution is 8.55. The van der Waals surface area contributed by atoms with Crippen molar-refractivity contribution in [3.05, 3.63) is 0 Å². The summed E-state index contributed by atoms with van der Waals surface area (Å²) in [6, 6.07) is 0. The maximum absolute atomic E-state index is 11.4. The van der Waals surface area contributed by atoms with Gasteiger partial charge in [-0.1, -0.05) is 13.8 Å². The van der Waals surface area contributed by atoms with Crippen LogP contribution in [0.3, 0.4) is 0 Å². The fourth-order valence-corrected chi connectivity index (χ4v) is 6.19. The van der Waals surface area contributed by atoms with Gasteiger partial charge < -0.3 is 22.6 Å². The van der Waals surface area contributed by atoms with Crippen LogP contribution in [0.1, 0.15) is 13.8 Å². The van der Waals surface area contributed by atoms with Crippen LogP contribution in [0.15, 0.2) is 0 Å². The first kappa shape index (κ1) is 27.9. The van der Waals surface area contributed by atoms with Gasteiger partial charge in [0.25, 0.3) is 0 Å². The van der Waals surface area contributed by atoms with Crippen molar-refractivity contribution < 1.29 is 27.2 Å². The summed E-state index contributed by atoms with van der Waals surface area (Å²) in [6.07, 6.45) is 0. The maximum Gasteiger partial charge on any atom is 0.388 e. The van der Waals surface area contributed by atoms with Crippen LogP contribution in [0.2, 0.25) is 0 Å². The van der Waals surface area contributed by atoms with Crippen LogP contribution in [0, 0.1) is 0 Å². The van der Waals surface area contributed by atoms with Crippen LogP contribution >= 0.6 is 48.4 Å². The summed E-state index contributed by atoms with van der Waals surface area (Å²) in [7, 11) is 5.84. The molecular weight excluding hydrogens is 430 g/mol. The van der Waals surface area contributed by atoms with Crippen molar-refractivity contribution in [1.29, 1.82) is 0 Å². The lowest BCUT2D eigenvalue weighted by atomic mass is 10.9. The van der Waals surface area contributed by atoms with E-state index in [1.807, 2.05) is 11.8 Å². The van der Waals surface area contributed by atoms with E-state index >= 15 is 0 Å². The molecule has 0 aliphatic carbocycles. The summed E-state index contributed by atoms with van der Waals surface area (Å²) < 4.78 is 36.1. The summed E-state index contributed by atoms with van der Waals surface area (Å²) in [5.41, 5.74) is 0. The van der Waals surface area contributed by atoms with Crippen molar-refractivity contribution in [1.82, 2.24) is 0 Å². The van der Waals surface area contributed by atoms with E-state index in [0.717, 1.165) is 28.8 Å². The lowest BCUT2D eigenvalue weighted by Crippen LogP contribution is -1.98. The van der Waals surface area contributed by atoms with E-state index in [1.165, 1.54) is 39.8 Å². The lowest BCUT2D eigenvalue weighted by Gasteiger charge is -2.16. The summed E-state index contributed by atoms with van der Waals surface area (Å²) in [4.78, 5) is 0. The second-order valence-corrected chi connectivity index (χ2v) is 14.1.